The van der Waals surface area contributed by atoms with Gasteiger partial charge in [-0.25, -0.2) is 0 Å². The van der Waals surface area contributed by atoms with Gasteiger partial charge in [-0.2, -0.15) is 5.26 Å². The molecule has 1 aromatic carbocycles. The van der Waals surface area contributed by atoms with E-state index in [1.807, 2.05) is 0 Å². The predicted molar refractivity (Wildman–Crippen MR) is 69.4 cm³/mol. The van der Waals surface area contributed by atoms with Crippen molar-refractivity contribution in [2.24, 2.45) is 0 Å². The number of nitrogens with zero attached hydrogens (tertiary/aromatic N) is 2. The zero-order valence-electron chi connectivity index (χ0n) is 9.72. The summed E-state index contributed by atoms with van der Waals surface area (Å²) >= 11 is 3.17. The monoisotopic (exact) mass is 313 g/mol. The van der Waals surface area contributed by atoms with E-state index in [-0.39, 0.29) is 24.1 Å². The number of nitro groups is 1. The summed E-state index contributed by atoms with van der Waals surface area (Å²) in [6.45, 7) is 0.238. The van der Waals surface area contributed by atoms with Gasteiger partial charge in [-0.05, 0) is 19.2 Å². The fourth-order valence-corrected chi connectivity index (χ4v) is 1.66. The van der Waals surface area contributed by atoms with Crippen molar-refractivity contribution < 1.29 is 9.66 Å². The minimum Gasteiger partial charge on any atom is -0.487 e. The summed E-state index contributed by atoms with van der Waals surface area (Å²) in [5.74, 6) is 0.205. The van der Waals surface area contributed by atoms with Gasteiger partial charge in [0.2, 0.25) is 0 Å². The number of hydrogen-bond donors (Lipinski definition) is 1. The van der Waals surface area contributed by atoms with Crippen molar-refractivity contribution in [3.8, 4) is 11.8 Å². The maximum Gasteiger partial charge on any atom is 0.312 e. The third-order valence-corrected chi connectivity index (χ3v) is 2.78. The van der Waals surface area contributed by atoms with Crippen molar-refractivity contribution >= 4 is 21.6 Å². The number of ether oxygens (including phenoxy) is 1. The molecule has 1 aromatic rings. The highest BCUT2D eigenvalue weighted by molar-refractivity contribution is 9.10. The summed E-state index contributed by atoms with van der Waals surface area (Å²) in [7, 11) is 1.68. The molecule has 0 spiro atoms. The van der Waals surface area contributed by atoms with Crippen LogP contribution in [0.15, 0.2) is 22.7 Å². The van der Waals surface area contributed by atoms with Crippen molar-refractivity contribution in [3.63, 3.8) is 0 Å². The van der Waals surface area contributed by atoms with Gasteiger partial charge in [0.15, 0.2) is 5.75 Å². The Labute approximate surface area is 113 Å². The molecule has 6 nitrogen and oxygen atoms in total. The predicted octanol–water partition coefficient (Wildman–Crippen LogP) is 2.24. The van der Waals surface area contributed by atoms with E-state index in [2.05, 4.69) is 27.3 Å². The molecule has 0 saturated carbocycles. The minimum absolute atomic E-state index is 0.0951. The van der Waals surface area contributed by atoms with E-state index in [9.17, 15) is 10.1 Å². The quantitative estimate of drug-likeness (QED) is 0.642. The van der Waals surface area contributed by atoms with Gasteiger partial charge < -0.3 is 10.1 Å². The van der Waals surface area contributed by atoms with Crippen LogP contribution in [0, 0.1) is 21.4 Å². The molecular weight excluding hydrogens is 302 g/mol. The molecule has 0 heterocycles. The Kier molecular flexibility index (Phi) is 5.55. The molecule has 0 amide bonds. The first-order valence-electron chi connectivity index (χ1n) is 5.22. The molecule has 0 aliphatic heterocycles. The second-order valence-corrected chi connectivity index (χ2v) is 4.39. The molecular formula is C11H12BrN3O3. The standard InChI is InChI=1S/C11H12BrN3O3/c1-14-9(7-13)4-5-18-11-3-2-8(12)6-10(11)15(16)17/h2-3,6,9,14H,4-5H2,1H3. The SMILES string of the molecule is CNC(C#N)CCOc1ccc(Br)cc1[N+](=O)[O-]. The molecule has 18 heavy (non-hydrogen) atoms. The van der Waals surface area contributed by atoms with Crippen molar-refractivity contribution in [1.29, 1.82) is 5.26 Å². The molecule has 0 aromatic heterocycles. The second kappa shape index (κ2) is 6.93. The van der Waals surface area contributed by atoms with Crippen molar-refractivity contribution in [2.45, 2.75) is 12.5 Å². The summed E-state index contributed by atoms with van der Waals surface area (Å²) in [6, 6.07) is 6.32. The number of halogens is 1. The van der Waals surface area contributed by atoms with Crippen molar-refractivity contribution in [1.82, 2.24) is 5.32 Å². The second-order valence-electron chi connectivity index (χ2n) is 3.48. The Bertz CT molecular complexity index is 473. The first kappa shape index (κ1) is 14.4. The van der Waals surface area contributed by atoms with Crippen LogP contribution in [0.2, 0.25) is 0 Å². The summed E-state index contributed by atoms with van der Waals surface area (Å²) in [6.07, 6.45) is 0.459. The fourth-order valence-electron chi connectivity index (χ4n) is 1.32. The summed E-state index contributed by atoms with van der Waals surface area (Å²) in [5, 5.41) is 22.3. The zero-order chi connectivity index (χ0) is 13.5. The highest BCUT2D eigenvalue weighted by Crippen LogP contribution is 2.30. The third-order valence-electron chi connectivity index (χ3n) is 2.29. The zero-order valence-corrected chi connectivity index (χ0v) is 11.3. The van der Waals surface area contributed by atoms with Gasteiger partial charge in [0, 0.05) is 17.0 Å². The normalized spacial score (nSPS) is 11.6. The van der Waals surface area contributed by atoms with E-state index in [1.54, 1.807) is 13.1 Å². The van der Waals surface area contributed by atoms with Crippen LogP contribution in [0.1, 0.15) is 6.42 Å². The topological polar surface area (TPSA) is 88.2 Å². The molecule has 0 bridgehead atoms. The maximum absolute atomic E-state index is 10.8. The number of rotatable bonds is 6. The molecule has 1 atom stereocenters. The van der Waals surface area contributed by atoms with E-state index in [4.69, 9.17) is 10.00 Å². The van der Waals surface area contributed by atoms with Crippen LogP contribution in [0.3, 0.4) is 0 Å². The molecule has 1 N–H and O–H groups in total. The van der Waals surface area contributed by atoms with Gasteiger partial charge in [-0.3, -0.25) is 10.1 Å². The van der Waals surface area contributed by atoms with E-state index in [0.29, 0.717) is 10.9 Å². The molecule has 1 rings (SSSR count). The Morgan fingerprint density at radius 2 is 2.39 bits per heavy atom. The first-order chi connectivity index (χ1) is 8.58. The smallest absolute Gasteiger partial charge is 0.312 e. The molecule has 0 aliphatic rings. The lowest BCUT2D eigenvalue weighted by molar-refractivity contribution is -0.385. The number of nitriles is 1. The van der Waals surface area contributed by atoms with Crippen LogP contribution >= 0.6 is 15.9 Å². The molecule has 0 saturated heterocycles. The lowest BCUT2D eigenvalue weighted by atomic mass is 10.2. The van der Waals surface area contributed by atoms with Crippen molar-refractivity contribution in [3.05, 3.63) is 32.8 Å². The molecule has 0 aliphatic carbocycles. The van der Waals surface area contributed by atoms with E-state index in [0.717, 1.165) is 0 Å². The van der Waals surface area contributed by atoms with E-state index >= 15 is 0 Å². The summed E-state index contributed by atoms with van der Waals surface area (Å²) in [4.78, 5) is 10.3. The highest BCUT2D eigenvalue weighted by Gasteiger charge is 2.15. The number of nitro benzene ring substituents is 1. The Morgan fingerprint density at radius 3 is 2.94 bits per heavy atom. The lowest BCUT2D eigenvalue weighted by Gasteiger charge is -2.09. The number of nitrogens with one attached hydrogen (secondary N) is 1. The van der Waals surface area contributed by atoms with Crippen LogP contribution in [-0.4, -0.2) is 24.6 Å². The van der Waals surface area contributed by atoms with Gasteiger partial charge in [0.25, 0.3) is 0 Å². The fraction of sp³-hybridized carbons (Fsp3) is 0.364. The Balaban J connectivity index is 2.68. The number of benzene rings is 1. The lowest BCUT2D eigenvalue weighted by Crippen LogP contribution is -2.25. The minimum atomic E-state index is -0.500. The van der Waals surface area contributed by atoms with Gasteiger partial charge in [-0.1, -0.05) is 15.9 Å². The molecule has 0 radical (unpaired) electrons. The summed E-state index contributed by atoms with van der Waals surface area (Å²) < 4.78 is 5.95. The first-order valence-corrected chi connectivity index (χ1v) is 6.01. The molecule has 96 valence electrons. The third kappa shape index (κ3) is 3.98. The van der Waals surface area contributed by atoms with Gasteiger partial charge >= 0.3 is 5.69 Å². The van der Waals surface area contributed by atoms with Crippen LogP contribution in [0.25, 0.3) is 0 Å². The molecule has 7 heteroatoms. The average Bonchev–Trinajstić information content (AvgIpc) is 2.36. The van der Waals surface area contributed by atoms with Gasteiger partial charge in [-0.15, -0.1) is 0 Å². The number of hydrogen-bond acceptors (Lipinski definition) is 5. The van der Waals surface area contributed by atoms with E-state index < -0.39 is 4.92 Å². The molecule has 1 unspecified atom stereocenters. The van der Waals surface area contributed by atoms with E-state index in [1.165, 1.54) is 12.1 Å². The average molecular weight is 314 g/mol. The Hall–Kier alpha value is -1.65. The van der Waals surface area contributed by atoms with Crippen molar-refractivity contribution in [2.75, 3.05) is 13.7 Å². The highest BCUT2D eigenvalue weighted by atomic mass is 79.9. The van der Waals surface area contributed by atoms with Crippen LogP contribution < -0.4 is 10.1 Å². The van der Waals surface area contributed by atoms with Crippen LogP contribution in [-0.2, 0) is 0 Å². The van der Waals surface area contributed by atoms with Crippen LogP contribution in [0.5, 0.6) is 5.75 Å². The van der Waals surface area contributed by atoms with Crippen LogP contribution in [0.4, 0.5) is 5.69 Å². The maximum atomic E-state index is 10.8. The Morgan fingerprint density at radius 1 is 1.67 bits per heavy atom. The van der Waals surface area contributed by atoms with Gasteiger partial charge in [0.05, 0.1) is 23.6 Å². The largest absolute Gasteiger partial charge is 0.487 e. The summed E-state index contributed by atoms with van der Waals surface area (Å²) in [5.41, 5.74) is -0.0951. The van der Waals surface area contributed by atoms with Gasteiger partial charge in [0.1, 0.15) is 0 Å². The molecule has 0 fully saturated rings.